The molecule has 0 radical (unpaired) electrons. The van der Waals surface area contributed by atoms with E-state index in [0.29, 0.717) is 23.5 Å². The molecule has 1 atom stereocenters. The molecule has 0 amide bonds. The minimum absolute atomic E-state index is 0.0484. The van der Waals surface area contributed by atoms with E-state index < -0.39 is 27.8 Å². The van der Waals surface area contributed by atoms with E-state index in [1.807, 2.05) is 20.8 Å². The molecule has 0 bridgehead atoms. The van der Waals surface area contributed by atoms with Crippen molar-refractivity contribution in [2.24, 2.45) is 10.3 Å². The molecule has 1 heterocycles. The van der Waals surface area contributed by atoms with Crippen molar-refractivity contribution in [2.75, 3.05) is 27.1 Å². The number of carbonyl (C=O) groups excluding carboxylic acids is 1. The number of ether oxygens (including phenoxy) is 3. The predicted octanol–water partition coefficient (Wildman–Crippen LogP) is 6.23. The fourth-order valence-corrected chi connectivity index (χ4v) is 5.01. The molecule has 11 nitrogen and oxygen atoms in total. The van der Waals surface area contributed by atoms with E-state index in [2.05, 4.69) is 10.3 Å². The molecule has 1 unspecified atom stereocenters. The Hall–Kier alpha value is -4.63. The highest BCUT2D eigenvalue weighted by atomic mass is 32.2. The van der Waals surface area contributed by atoms with Crippen LogP contribution in [0.4, 0.5) is 13.2 Å². The van der Waals surface area contributed by atoms with Gasteiger partial charge in [-0.2, -0.15) is 21.6 Å². The molecule has 3 aromatic carbocycles. The number of halogens is 3. The summed E-state index contributed by atoms with van der Waals surface area (Å²) in [6.45, 7) is 7.92. The Balaban J connectivity index is 0.000000284. The van der Waals surface area contributed by atoms with Gasteiger partial charge < -0.3 is 28.1 Å². The molecule has 0 aromatic heterocycles. The second-order valence-electron chi connectivity index (χ2n) is 10.9. The number of rotatable bonds is 11. The molecular weight excluding hydrogens is 657 g/mol. The highest BCUT2D eigenvalue weighted by Crippen LogP contribution is 2.44. The average Bonchev–Trinajstić information content (AvgIpc) is 3.27. The Bertz CT molecular complexity index is 1760. The number of hydrogen-bond acceptors (Lipinski definition) is 11. The van der Waals surface area contributed by atoms with Crippen molar-refractivity contribution < 1.29 is 54.5 Å². The molecule has 15 heteroatoms. The minimum atomic E-state index is -4.44. The lowest BCUT2D eigenvalue weighted by atomic mass is 9.85. The van der Waals surface area contributed by atoms with Gasteiger partial charge in [-0.25, -0.2) is 4.79 Å². The summed E-state index contributed by atoms with van der Waals surface area (Å²) in [5, 5.41) is 7.58. The quantitative estimate of drug-likeness (QED) is 0.0993. The van der Waals surface area contributed by atoms with Gasteiger partial charge in [0.05, 0.1) is 30.1 Å². The summed E-state index contributed by atoms with van der Waals surface area (Å²) in [6, 6.07) is 16.5. The first-order valence-corrected chi connectivity index (χ1v) is 16.3. The molecule has 3 aromatic rings. The van der Waals surface area contributed by atoms with Crippen molar-refractivity contribution in [1.82, 2.24) is 0 Å². The van der Waals surface area contributed by atoms with E-state index in [9.17, 15) is 26.4 Å². The van der Waals surface area contributed by atoms with E-state index in [0.717, 1.165) is 24.0 Å². The monoisotopic (exact) mass is 694 g/mol. The number of oxime groups is 2. The van der Waals surface area contributed by atoms with Crippen molar-refractivity contribution in [1.29, 1.82) is 0 Å². The third kappa shape index (κ3) is 9.94. The van der Waals surface area contributed by atoms with Crippen LogP contribution in [0.5, 0.6) is 11.5 Å². The van der Waals surface area contributed by atoms with Gasteiger partial charge in [-0.05, 0) is 63.6 Å². The van der Waals surface area contributed by atoms with Gasteiger partial charge in [-0.15, -0.1) is 0 Å². The highest BCUT2D eigenvalue weighted by Gasteiger charge is 2.42. The number of benzene rings is 3. The van der Waals surface area contributed by atoms with Crippen LogP contribution in [0.1, 0.15) is 55.5 Å². The number of nitrogens with zero attached hydrogens (tertiary/aromatic N) is 2. The molecule has 260 valence electrons. The van der Waals surface area contributed by atoms with Crippen LogP contribution in [0.3, 0.4) is 0 Å². The first kappa shape index (κ1) is 37.8. The van der Waals surface area contributed by atoms with Gasteiger partial charge in [0.1, 0.15) is 25.2 Å². The fourth-order valence-electron chi connectivity index (χ4n) is 4.56. The van der Waals surface area contributed by atoms with Crippen LogP contribution >= 0.6 is 0 Å². The summed E-state index contributed by atoms with van der Waals surface area (Å²) >= 11 is 0. The number of esters is 1. The van der Waals surface area contributed by atoms with Gasteiger partial charge in [0, 0.05) is 23.3 Å². The van der Waals surface area contributed by atoms with E-state index in [1.54, 1.807) is 42.5 Å². The second-order valence-corrected chi connectivity index (χ2v) is 12.4. The minimum Gasteiger partial charge on any atom is -0.464 e. The zero-order valence-corrected chi connectivity index (χ0v) is 28.3. The summed E-state index contributed by atoms with van der Waals surface area (Å²) in [4.78, 5) is 21.9. The number of fused-ring (bicyclic) bond motifs is 1. The van der Waals surface area contributed by atoms with E-state index in [1.165, 1.54) is 33.3 Å². The van der Waals surface area contributed by atoms with E-state index in [-0.39, 0.29) is 41.0 Å². The maximum Gasteiger partial charge on any atom is 0.416 e. The van der Waals surface area contributed by atoms with Gasteiger partial charge in [-0.3, -0.25) is 0 Å². The number of hydrogen-bond donors (Lipinski definition) is 0. The SMILES string of the molecule is CCOC1Oc2ccc(OS(C)(=O)=O)cc2C1(C)C.CO/N=C(/C(=O)OC)c1ccccc1CO/N=C(\C)c1cccc(C(F)(F)F)c1. The Morgan fingerprint density at radius 3 is 2.33 bits per heavy atom. The fraction of sp³-hybridized carbons (Fsp3) is 0.364. The number of alkyl halides is 3. The first-order chi connectivity index (χ1) is 22.5. The zero-order chi connectivity index (χ0) is 35.7. The van der Waals surface area contributed by atoms with Crippen molar-refractivity contribution in [2.45, 2.75) is 52.2 Å². The topological polar surface area (TPSA) is 131 Å². The van der Waals surface area contributed by atoms with E-state index in [4.69, 9.17) is 28.1 Å². The summed E-state index contributed by atoms with van der Waals surface area (Å²) in [5.74, 6) is 0.294. The lowest BCUT2D eigenvalue weighted by Crippen LogP contribution is -2.34. The molecule has 4 rings (SSSR count). The van der Waals surface area contributed by atoms with Crippen molar-refractivity contribution in [3.05, 3.63) is 94.5 Å². The number of carbonyl (C=O) groups is 1. The van der Waals surface area contributed by atoms with Gasteiger partial charge in [-0.1, -0.05) is 46.7 Å². The van der Waals surface area contributed by atoms with Crippen LogP contribution in [0.2, 0.25) is 0 Å². The van der Waals surface area contributed by atoms with Gasteiger partial charge in [0.2, 0.25) is 6.29 Å². The van der Waals surface area contributed by atoms with Crippen LogP contribution in [0.15, 0.2) is 77.0 Å². The molecule has 0 fully saturated rings. The van der Waals surface area contributed by atoms with Crippen LogP contribution in [-0.4, -0.2) is 59.2 Å². The van der Waals surface area contributed by atoms with Gasteiger partial charge in [0.25, 0.3) is 0 Å². The Labute approximate surface area is 277 Å². The average molecular weight is 695 g/mol. The molecule has 48 heavy (non-hydrogen) atoms. The van der Waals surface area contributed by atoms with Crippen LogP contribution < -0.4 is 8.92 Å². The second kappa shape index (κ2) is 16.0. The normalized spacial score (nSPS) is 15.8. The lowest BCUT2D eigenvalue weighted by molar-refractivity contribution is -0.137. The Morgan fingerprint density at radius 1 is 1.00 bits per heavy atom. The molecule has 1 aliphatic rings. The first-order valence-electron chi connectivity index (χ1n) is 14.5. The summed E-state index contributed by atoms with van der Waals surface area (Å²) in [7, 11) is -1.01. The molecular formula is C33H37F3N2O9S. The molecule has 0 aliphatic carbocycles. The third-order valence-corrected chi connectivity index (χ3v) is 7.39. The highest BCUT2D eigenvalue weighted by molar-refractivity contribution is 7.86. The molecule has 0 saturated heterocycles. The van der Waals surface area contributed by atoms with Gasteiger partial charge in [0.15, 0.2) is 5.71 Å². The predicted molar refractivity (Wildman–Crippen MR) is 171 cm³/mol. The summed E-state index contributed by atoms with van der Waals surface area (Å²) in [6.07, 6.45) is -3.80. The number of methoxy groups -OCH3 is 1. The molecule has 0 spiro atoms. The Kier molecular flexibility index (Phi) is 12.6. The van der Waals surface area contributed by atoms with Gasteiger partial charge >= 0.3 is 22.3 Å². The molecule has 0 N–H and O–H groups in total. The summed E-state index contributed by atoms with van der Waals surface area (Å²) < 4.78 is 81.7. The maximum atomic E-state index is 12.9. The van der Waals surface area contributed by atoms with Crippen LogP contribution in [-0.2, 0) is 52.3 Å². The maximum absolute atomic E-state index is 12.9. The van der Waals surface area contributed by atoms with Crippen LogP contribution in [0, 0.1) is 0 Å². The molecule has 0 saturated carbocycles. The van der Waals surface area contributed by atoms with Crippen molar-refractivity contribution in [3.63, 3.8) is 0 Å². The smallest absolute Gasteiger partial charge is 0.416 e. The van der Waals surface area contributed by atoms with Crippen molar-refractivity contribution in [3.8, 4) is 11.5 Å². The zero-order valence-electron chi connectivity index (χ0n) is 27.5. The summed E-state index contributed by atoms with van der Waals surface area (Å²) in [5.41, 5.74) is 1.25. The third-order valence-electron chi connectivity index (χ3n) is 6.90. The standard InChI is InChI=1S/C20H19F3N2O4.C13H18O5S/c1-13(14-8-6-9-16(11-14)20(21,22)23)24-29-12-15-7-4-5-10-17(15)18(25-28-3)19(26)27-2;1-5-16-12-13(2,3)10-8-9(18-19(4,14)15)6-7-11(10)17-12/h4-11H,12H2,1-3H3;6-8,12H,5H2,1-4H3/b24-13+,25-18+;. The van der Waals surface area contributed by atoms with Crippen LogP contribution in [0.25, 0.3) is 0 Å². The molecule has 1 aliphatic heterocycles. The lowest BCUT2D eigenvalue weighted by Gasteiger charge is -2.25. The largest absolute Gasteiger partial charge is 0.464 e. The van der Waals surface area contributed by atoms with E-state index >= 15 is 0 Å². The Morgan fingerprint density at radius 2 is 1.71 bits per heavy atom. The van der Waals surface area contributed by atoms with Crippen molar-refractivity contribution >= 4 is 27.5 Å².